The Hall–Kier alpha value is -1.07. The fourth-order valence-electron chi connectivity index (χ4n) is 1.80. The number of imidazole rings is 1. The number of hydrogen-bond acceptors (Lipinski definition) is 3. The lowest BCUT2D eigenvalue weighted by Crippen LogP contribution is -2.51. The molecule has 16 heavy (non-hydrogen) atoms. The van der Waals surface area contributed by atoms with Crippen molar-refractivity contribution in [3.8, 4) is 0 Å². The van der Waals surface area contributed by atoms with Gasteiger partial charge in [-0.25, -0.2) is 4.98 Å². The van der Waals surface area contributed by atoms with Crippen LogP contribution >= 0.6 is 12.4 Å². The van der Waals surface area contributed by atoms with Crippen LogP contribution in [0.5, 0.6) is 0 Å². The molecule has 1 fully saturated rings. The summed E-state index contributed by atoms with van der Waals surface area (Å²) in [6, 6.07) is 0.367. The minimum absolute atomic E-state index is 0. The Bertz CT molecular complexity index is 365. The zero-order valence-electron chi connectivity index (χ0n) is 9.51. The Morgan fingerprint density at radius 3 is 2.94 bits per heavy atom. The van der Waals surface area contributed by atoms with E-state index in [0.29, 0.717) is 11.7 Å². The van der Waals surface area contributed by atoms with E-state index in [2.05, 4.69) is 17.2 Å². The van der Waals surface area contributed by atoms with Crippen molar-refractivity contribution >= 4 is 18.3 Å². The van der Waals surface area contributed by atoms with Gasteiger partial charge in [0.15, 0.2) is 0 Å². The Balaban J connectivity index is 0.00000128. The van der Waals surface area contributed by atoms with Gasteiger partial charge in [0.05, 0.1) is 6.33 Å². The molecule has 5 nitrogen and oxygen atoms in total. The summed E-state index contributed by atoms with van der Waals surface area (Å²) in [6.07, 6.45) is 3.41. The molecule has 90 valence electrons. The summed E-state index contributed by atoms with van der Waals surface area (Å²) in [4.78, 5) is 17.9. The summed E-state index contributed by atoms with van der Waals surface area (Å²) < 4.78 is 1.79. The minimum Gasteiger partial charge on any atom is -0.340 e. The van der Waals surface area contributed by atoms with Crippen molar-refractivity contribution in [2.75, 3.05) is 19.6 Å². The molecule has 0 saturated carbocycles. The highest BCUT2D eigenvalue weighted by atomic mass is 35.5. The van der Waals surface area contributed by atoms with Crippen molar-refractivity contribution in [3.05, 3.63) is 18.2 Å². The Morgan fingerprint density at radius 2 is 2.38 bits per heavy atom. The molecule has 1 N–H and O–H groups in total. The molecule has 0 aliphatic carbocycles. The fraction of sp³-hybridized carbons (Fsp3) is 0.600. The summed E-state index contributed by atoms with van der Waals surface area (Å²) in [5, 5.41) is 3.30. The molecule has 1 amide bonds. The lowest BCUT2D eigenvalue weighted by molar-refractivity contribution is 0.0703. The van der Waals surface area contributed by atoms with Crippen LogP contribution in [0.15, 0.2) is 12.5 Å². The predicted molar refractivity (Wildman–Crippen MR) is 63.8 cm³/mol. The fourth-order valence-corrected chi connectivity index (χ4v) is 1.80. The highest BCUT2D eigenvalue weighted by Crippen LogP contribution is 2.05. The quantitative estimate of drug-likeness (QED) is 0.772. The van der Waals surface area contributed by atoms with Crippen LogP contribution in [0, 0.1) is 0 Å². The maximum atomic E-state index is 12.0. The molecule has 2 heterocycles. The van der Waals surface area contributed by atoms with Crippen molar-refractivity contribution in [3.63, 3.8) is 0 Å². The Morgan fingerprint density at radius 1 is 1.62 bits per heavy atom. The van der Waals surface area contributed by atoms with Crippen LogP contribution in [-0.2, 0) is 7.05 Å². The van der Waals surface area contributed by atoms with Crippen molar-refractivity contribution in [2.24, 2.45) is 7.05 Å². The number of nitrogens with zero attached hydrogens (tertiary/aromatic N) is 3. The SMILES string of the molecule is C[C@H]1CN(C(=O)c2cn(C)cn2)CCN1.Cl. The third-order valence-electron chi connectivity index (χ3n) is 2.58. The summed E-state index contributed by atoms with van der Waals surface area (Å²) in [5.41, 5.74) is 0.534. The van der Waals surface area contributed by atoms with Gasteiger partial charge in [0.1, 0.15) is 5.69 Å². The number of carbonyl (C=O) groups is 1. The molecule has 2 rings (SSSR count). The van der Waals surface area contributed by atoms with E-state index in [0.717, 1.165) is 19.6 Å². The highest BCUT2D eigenvalue weighted by molar-refractivity contribution is 5.92. The van der Waals surface area contributed by atoms with Gasteiger partial charge in [0, 0.05) is 38.9 Å². The van der Waals surface area contributed by atoms with Crippen LogP contribution < -0.4 is 5.32 Å². The van der Waals surface area contributed by atoms with Crippen molar-refractivity contribution < 1.29 is 4.79 Å². The number of amides is 1. The smallest absolute Gasteiger partial charge is 0.274 e. The van der Waals surface area contributed by atoms with Gasteiger partial charge in [0.2, 0.25) is 0 Å². The summed E-state index contributed by atoms with van der Waals surface area (Å²) in [5.74, 6) is 0.0314. The van der Waals surface area contributed by atoms with Gasteiger partial charge < -0.3 is 14.8 Å². The topological polar surface area (TPSA) is 50.2 Å². The first kappa shape index (κ1) is 13.0. The lowest BCUT2D eigenvalue weighted by atomic mass is 10.2. The van der Waals surface area contributed by atoms with Crippen molar-refractivity contribution in [1.82, 2.24) is 19.8 Å². The van der Waals surface area contributed by atoms with E-state index < -0.39 is 0 Å². The summed E-state index contributed by atoms with van der Waals surface area (Å²) >= 11 is 0. The number of hydrogen-bond donors (Lipinski definition) is 1. The van der Waals surface area contributed by atoms with Crippen LogP contribution in [0.1, 0.15) is 17.4 Å². The van der Waals surface area contributed by atoms with Crippen LogP contribution in [0.2, 0.25) is 0 Å². The van der Waals surface area contributed by atoms with Crippen LogP contribution in [0.4, 0.5) is 0 Å². The average molecular weight is 245 g/mol. The largest absolute Gasteiger partial charge is 0.340 e. The second-order valence-electron chi connectivity index (χ2n) is 4.03. The molecule has 0 radical (unpaired) electrons. The maximum absolute atomic E-state index is 12.0. The minimum atomic E-state index is 0. The molecule has 1 aliphatic rings. The first-order chi connectivity index (χ1) is 7.16. The molecular weight excluding hydrogens is 228 g/mol. The molecule has 1 saturated heterocycles. The monoisotopic (exact) mass is 244 g/mol. The zero-order valence-corrected chi connectivity index (χ0v) is 10.3. The second kappa shape index (κ2) is 5.32. The molecule has 1 atom stereocenters. The van der Waals surface area contributed by atoms with E-state index in [1.165, 1.54) is 0 Å². The first-order valence-corrected chi connectivity index (χ1v) is 5.17. The lowest BCUT2D eigenvalue weighted by Gasteiger charge is -2.31. The predicted octanol–water partition coefficient (Wildman–Crippen LogP) is 0.276. The molecule has 0 bridgehead atoms. The van der Waals surface area contributed by atoms with Crippen molar-refractivity contribution in [2.45, 2.75) is 13.0 Å². The number of carbonyl (C=O) groups excluding carboxylic acids is 1. The number of aromatic nitrogens is 2. The van der Waals surface area contributed by atoms with Gasteiger partial charge >= 0.3 is 0 Å². The van der Waals surface area contributed by atoms with Gasteiger partial charge in [-0.05, 0) is 6.92 Å². The van der Waals surface area contributed by atoms with Crippen molar-refractivity contribution in [1.29, 1.82) is 0 Å². The molecular formula is C10H17ClN4O. The van der Waals surface area contributed by atoms with E-state index in [4.69, 9.17) is 0 Å². The number of aryl methyl sites for hydroxylation is 1. The number of nitrogens with one attached hydrogen (secondary N) is 1. The van der Waals surface area contributed by atoms with Crippen LogP contribution in [0.25, 0.3) is 0 Å². The molecule has 6 heteroatoms. The number of halogens is 1. The molecule has 0 unspecified atom stereocenters. The highest BCUT2D eigenvalue weighted by Gasteiger charge is 2.22. The van der Waals surface area contributed by atoms with Crippen LogP contribution in [0.3, 0.4) is 0 Å². The molecule has 1 aliphatic heterocycles. The van der Waals surface area contributed by atoms with E-state index in [1.54, 1.807) is 17.1 Å². The van der Waals surface area contributed by atoms with Gasteiger partial charge in [-0.15, -0.1) is 12.4 Å². The van der Waals surface area contributed by atoms with Gasteiger partial charge in [-0.1, -0.05) is 0 Å². The third kappa shape index (κ3) is 2.74. The molecule has 0 aromatic carbocycles. The van der Waals surface area contributed by atoms with E-state index >= 15 is 0 Å². The molecule has 1 aromatic rings. The third-order valence-corrected chi connectivity index (χ3v) is 2.58. The van der Waals surface area contributed by atoms with Gasteiger partial charge in [-0.3, -0.25) is 4.79 Å². The molecule has 0 spiro atoms. The van der Waals surface area contributed by atoms with Crippen LogP contribution in [-0.4, -0.2) is 46.0 Å². The Labute approximate surface area is 101 Å². The zero-order chi connectivity index (χ0) is 10.8. The molecule has 1 aromatic heterocycles. The normalized spacial score (nSPS) is 20.4. The Kier molecular flexibility index (Phi) is 4.32. The summed E-state index contributed by atoms with van der Waals surface area (Å²) in [6.45, 7) is 4.47. The number of rotatable bonds is 1. The summed E-state index contributed by atoms with van der Waals surface area (Å²) in [7, 11) is 1.87. The van der Waals surface area contributed by atoms with E-state index in [-0.39, 0.29) is 18.3 Å². The average Bonchev–Trinajstić information content (AvgIpc) is 2.64. The van der Waals surface area contributed by atoms with E-state index in [9.17, 15) is 4.79 Å². The van der Waals surface area contributed by atoms with E-state index in [1.807, 2.05) is 11.9 Å². The second-order valence-corrected chi connectivity index (χ2v) is 4.03. The van der Waals surface area contributed by atoms with Gasteiger partial charge in [-0.2, -0.15) is 0 Å². The number of piperazine rings is 1. The standard InChI is InChI=1S/C10H16N4O.ClH/c1-8-5-14(4-3-11-8)10(15)9-6-13(2)7-12-9;/h6-8,11H,3-5H2,1-2H3;1H/t8-;/m0./s1. The van der Waals surface area contributed by atoms with Gasteiger partial charge in [0.25, 0.3) is 5.91 Å². The first-order valence-electron chi connectivity index (χ1n) is 5.17. The maximum Gasteiger partial charge on any atom is 0.274 e.